The van der Waals surface area contributed by atoms with Crippen LogP contribution < -0.4 is 10.9 Å². The summed E-state index contributed by atoms with van der Waals surface area (Å²) < 4.78 is 30.7. The van der Waals surface area contributed by atoms with E-state index in [-0.39, 0.29) is 29.5 Å². The van der Waals surface area contributed by atoms with E-state index in [0.717, 1.165) is 32.5 Å². The molecule has 1 aromatic carbocycles. The molecule has 3 aliphatic rings. The molecule has 34 heavy (non-hydrogen) atoms. The largest absolute Gasteiger partial charge is 0.369 e. The highest BCUT2D eigenvalue weighted by atomic mass is 79.9. The van der Waals surface area contributed by atoms with Gasteiger partial charge in [0.15, 0.2) is 6.23 Å². The molecule has 0 radical (unpaired) electrons. The van der Waals surface area contributed by atoms with E-state index in [1.54, 1.807) is 29.8 Å². The maximum atomic E-state index is 14.3. The van der Waals surface area contributed by atoms with E-state index in [2.05, 4.69) is 36.1 Å². The van der Waals surface area contributed by atoms with Crippen molar-refractivity contribution in [1.29, 1.82) is 0 Å². The summed E-state index contributed by atoms with van der Waals surface area (Å²) >= 11 is 3.47. The Hall–Kier alpha value is -2.43. The third kappa shape index (κ3) is 3.22. The molecule has 0 amide bonds. The monoisotopic (exact) mass is 531 g/mol. The third-order valence-corrected chi connectivity index (χ3v) is 8.32. The summed E-state index contributed by atoms with van der Waals surface area (Å²) in [4.78, 5) is 24.6. The molecular formula is C24H24BrF2N5O2. The van der Waals surface area contributed by atoms with Crippen LogP contribution in [0.15, 0.2) is 33.7 Å². The normalized spacial score (nSPS) is 25.6. The molecule has 1 atom stereocenters. The number of aryl methyl sites for hydroxylation is 1. The summed E-state index contributed by atoms with van der Waals surface area (Å²) in [7, 11) is 0. The average molecular weight is 532 g/mol. The van der Waals surface area contributed by atoms with E-state index in [0.29, 0.717) is 38.1 Å². The zero-order valence-corrected chi connectivity index (χ0v) is 20.2. The van der Waals surface area contributed by atoms with Gasteiger partial charge in [-0.15, -0.1) is 0 Å². The Labute approximate surface area is 203 Å². The van der Waals surface area contributed by atoms with Gasteiger partial charge < -0.3 is 19.9 Å². The van der Waals surface area contributed by atoms with E-state index in [1.165, 1.54) is 6.07 Å². The summed E-state index contributed by atoms with van der Waals surface area (Å²) in [5.74, 6) is -2.10. The highest BCUT2D eigenvalue weighted by Crippen LogP contribution is 2.44. The SMILES string of the molecule is Cc1nc(N[C@H](O)c2cccc3c2CCC3(F)F)c2cn(C34CCN(CC3)C4)c(=O)c(Br)c2n1. The fourth-order valence-electron chi connectivity index (χ4n) is 5.85. The van der Waals surface area contributed by atoms with Gasteiger partial charge in [0.25, 0.3) is 11.5 Å². The maximum Gasteiger partial charge on any atom is 0.273 e. The van der Waals surface area contributed by atoms with Gasteiger partial charge in [0.05, 0.1) is 16.4 Å². The number of rotatable bonds is 4. The molecular weight excluding hydrogens is 508 g/mol. The molecule has 0 saturated carbocycles. The van der Waals surface area contributed by atoms with Crippen LogP contribution in [0, 0.1) is 6.92 Å². The van der Waals surface area contributed by atoms with Gasteiger partial charge in [0.1, 0.15) is 16.1 Å². The van der Waals surface area contributed by atoms with E-state index >= 15 is 0 Å². The minimum absolute atomic E-state index is 0.0303. The van der Waals surface area contributed by atoms with Crippen molar-refractivity contribution in [2.24, 2.45) is 0 Å². The van der Waals surface area contributed by atoms with Crippen LogP contribution in [-0.4, -0.2) is 44.2 Å². The Kier molecular flexibility index (Phi) is 4.89. The van der Waals surface area contributed by atoms with E-state index in [9.17, 15) is 18.7 Å². The first-order chi connectivity index (χ1) is 16.2. The number of hydrogen-bond donors (Lipinski definition) is 2. The Morgan fingerprint density at radius 3 is 2.68 bits per heavy atom. The second-order valence-corrected chi connectivity index (χ2v) is 10.4. The Morgan fingerprint density at radius 1 is 1.21 bits per heavy atom. The zero-order chi connectivity index (χ0) is 23.8. The summed E-state index contributed by atoms with van der Waals surface area (Å²) in [5, 5.41) is 14.7. The predicted octanol–water partition coefficient (Wildman–Crippen LogP) is 3.81. The fraction of sp³-hybridized carbons (Fsp3) is 0.458. The number of fused-ring (bicyclic) bond motifs is 4. The Balaban J connectivity index is 1.46. The van der Waals surface area contributed by atoms with E-state index < -0.39 is 12.2 Å². The van der Waals surface area contributed by atoms with Crippen molar-refractivity contribution in [1.82, 2.24) is 19.4 Å². The summed E-state index contributed by atoms with van der Waals surface area (Å²) in [6.07, 6.45) is 2.27. The number of nitrogens with one attached hydrogen (secondary N) is 1. The molecule has 2 N–H and O–H groups in total. The number of halogens is 3. The van der Waals surface area contributed by atoms with Gasteiger partial charge in [-0.3, -0.25) is 4.79 Å². The number of aliphatic hydroxyl groups is 1. The van der Waals surface area contributed by atoms with Crippen LogP contribution >= 0.6 is 15.9 Å². The summed E-state index contributed by atoms with van der Waals surface area (Å²) in [6, 6.07) is 4.62. The number of nitrogens with zero attached hydrogens (tertiary/aromatic N) is 4. The van der Waals surface area contributed by atoms with Gasteiger partial charge in [0, 0.05) is 43.4 Å². The van der Waals surface area contributed by atoms with Gasteiger partial charge in [-0.25, -0.2) is 18.7 Å². The maximum absolute atomic E-state index is 14.3. The Bertz CT molecular complexity index is 1380. The molecule has 3 aromatic rings. The van der Waals surface area contributed by atoms with Gasteiger partial charge in [-0.2, -0.15) is 0 Å². The van der Waals surface area contributed by atoms with Crippen LogP contribution in [0.3, 0.4) is 0 Å². The molecule has 178 valence electrons. The van der Waals surface area contributed by atoms with Crippen LogP contribution in [0.5, 0.6) is 0 Å². The topological polar surface area (TPSA) is 83.3 Å². The van der Waals surface area contributed by atoms with Gasteiger partial charge in [0.2, 0.25) is 0 Å². The second kappa shape index (κ2) is 7.53. The van der Waals surface area contributed by atoms with Crippen molar-refractivity contribution in [3.8, 4) is 0 Å². The number of anilines is 1. The third-order valence-electron chi connectivity index (χ3n) is 7.61. The van der Waals surface area contributed by atoms with Crippen LogP contribution in [-0.2, 0) is 17.9 Å². The summed E-state index contributed by atoms with van der Waals surface area (Å²) in [6.45, 7) is 4.45. The highest BCUT2D eigenvalue weighted by molar-refractivity contribution is 9.10. The van der Waals surface area contributed by atoms with Crippen LogP contribution in [0.4, 0.5) is 14.6 Å². The lowest BCUT2D eigenvalue weighted by Gasteiger charge is -2.29. The number of piperidine rings is 1. The molecule has 2 bridgehead atoms. The Morgan fingerprint density at radius 2 is 1.97 bits per heavy atom. The molecule has 0 unspecified atom stereocenters. The zero-order valence-electron chi connectivity index (χ0n) is 18.6. The minimum atomic E-state index is -2.89. The van der Waals surface area contributed by atoms with Crippen molar-refractivity contribution in [3.05, 3.63) is 61.7 Å². The molecule has 2 fully saturated rings. The number of pyridine rings is 1. The van der Waals surface area contributed by atoms with Crippen molar-refractivity contribution < 1.29 is 13.9 Å². The molecule has 6 rings (SSSR count). The number of aromatic nitrogens is 3. The standard InChI is InChI=1S/C24H24BrF2N5O2/c1-13-28-19-16(11-32(22(34)18(19)25)23-7-9-31(12-23)10-8-23)20(29-13)30-21(33)15-3-2-4-17-14(15)5-6-24(17,26)27/h2-4,11,21,33H,5-10,12H2,1H3,(H,28,29,30)/t21-/m1/s1. The van der Waals surface area contributed by atoms with Crippen LogP contribution in [0.2, 0.25) is 0 Å². The number of hydrogen-bond acceptors (Lipinski definition) is 6. The molecule has 2 aliphatic heterocycles. The predicted molar refractivity (Wildman–Crippen MR) is 127 cm³/mol. The van der Waals surface area contributed by atoms with Gasteiger partial charge in [-0.05, 0) is 47.7 Å². The summed E-state index contributed by atoms with van der Waals surface area (Å²) in [5.41, 5.74) is 0.906. The smallest absolute Gasteiger partial charge is 0.273 e. The van der Waals surface area contributed by atoms with E-state index in [1.807, 2.05) is 0 Å². The number of alkyl halides is 2. The molecule has 4 heterocycles. The molecule has 2 saturated heterocycles. The van der Waals surface area contributed by atoms with Crippen molar-refractivity contribution in [2.75, 3.05) is 25.0 Å². The minimum Gasteiger partial charge on any atom is -0.369 e. The lowest BCUT2D eigenvalue weighted by Crippen LogP contribution is -2.40. The lowest BCUT2D eigenvalue weighted by molar-refractivity contribution is -0.00185. The quantitative estimate of drug-likeness (QED) is 0.498. The first kappa shape index (κ1) is 22.1. The van der Waals surface area contributed by atoms with Gasteiger partial charge in [-0.1, -0.05) is 18.2 Å². The molecule has 0 spiro atoms. The number of benzene rings is 1. The highest BCUT2D eigenvalue weighted by Gasteiger charge is 2.46. The fourth-order valence-corrected chi connectivity index (χ4v) is 6.35. The molecule has 10 heteroatoms. The van der Waals surface area contributed by atoms with Crippen molar-refractivity contribution >= 4 is 32.7 Å². The molecule has 7 nitrogen and oxygen atoms in total. The average Bonchev–Trinajstić information content (AvgIpc) is 3.50. The lowest BCUT2D eigenvalue weighted by atomic mass is 9.94. The van der Waals surface area contributed by atoms with E-state index in [4.69, 9.17) is 0 Å². The second-order valence-electron chi connectivity index (χ2n) is 9.63. The van der Waals surface area contributed by atoms with Crippen molar-refractivity contribution in [2.45, 2.75) is 50.3 Å². The van der Waals surface area contributed by atoms with Crippen molar-refractivity contribution in [3.63, 3.8) is 0 Å². The number of aliphatic hydroxyl groups excluding tert-OH is 1. The molecule has 2 aromatic heterocycles. The van der Waals surface area contributed by atoms with Crippen LogP contribution in [0.1, 0.15) is 48.0 Å². The van der Waals surface area contributed by atoms with Crippen LogP contribution in [0.25, 0.3) is 10.9 Å². The first-order valence-electron chi connectivity index (χ1n) is 11.5. The molecule has 1 aliphatic carbocycles. The first-order valence-corrected chi connectivity index (χ1v) is 12.2. The van der Waals surface area contributed by atoms with Gasteiger partial charge >= 0.3 is 0 Å².